The van der Waals surface area contributed by atoms with Crippen molar-refractivity contribution >= 4 is 18.3 Å². The zero-order valence-corrected chi connectivity index (χ0v) is 12.2. The summed E-state index contributed by atoms with van der Waals surface area (Å²) in [4.78, 5) is 14.4. The molecule has 3 nitrogen and oxygen atoms in total. The fourth-order valence-electron chi connectivity index (χ4n) is 3.25. The van der Waals surface area contributed by atoms with E-state index in [2.05, 4.69) is 5.32 Å². The highest BCUT2D eigenvalue weighted by Gasteiger charge is 2.46. The summed E-state index contributed by atoms with van der Waals surface area (Å²) < 4.78 is 13.7. The summed E-state index contributed by atoms with van der Waals surface area (Å²) in [5, 5.41) is 3.30. The lowest BCUT2D eigenvalue weighted by molar-refractivity contribution is -0.137. The maximum absolute atomic E-state index is 13.7. The van der Waals surface area contributed by atoms with E-state index in [1.807, 2.05) is 11.0 Å². The molecule has 20 heavy (non-hydrogen) atoms. The van der Waals surface area contributed by atoms with Crippen molar-refractivity contribution in [3.05, 3.63) is 35.6 Å². The Labute approximate surface area is 124 Å². The first-order chi connectivity index (χ1) is 9.21. The van der Waals surface area contributed by atoms with E-state index in [0.29, 0.717) is 12.1 Å². The van der Waals surface area contributed by atoms with Crippen LogP contribution in [0.3, 0.4) is 0 Å². The molecule has 0 bridgehead atoms. The average Bonchev–Trinajstić information content (AvgIpc) is 2.72. The van der Waals surface area contributed by atoms with Crippen molar-refractivity contribution in [1.82, 2.24) is 10.2 Å². The molecule has 1 aromatic rings. The first-order valence-electron chi connectivity index (χ1n) is 6.95. The third-order valence-corrected chi connectivity index (χ3v) is 4.48. The fourth-order valence-corrected chi connectivity index (χ4v) is 3.25. The van der Waals surface area contributed by atoms with E-state index in [1.54, 1.807) is 12.1 Å². The second-order valence-electron chi connectivity index (χ2n) is 5.60. The fraction of sp³-hybridized carbons (Fsp3) is 0.533. The van der Waals surface area contributed by atoms with Crippen LogP contribution in [0.5, 0.6) is 0 Å². The van der Waals surface area contributed by atoms with Crippen LogP contribution in [-0.2, 0) is 11.3 Å². The molecule has 2 saturated heterocycles. The van der Waals surface area contributed by atoms with Crippen LogP contribution in [0.2, 0.25) is 0 Å². The van der Waals surface area contributed by atoms with Crippen LogP contribution >= 0.6 is 12.4 Å². The second kappa shape index (κ2) is 6.10. The van der Waals surface area contributed by atoms with Gasteiger partial charge in [-0.3, -0.25) is 4.79 Å². The number of hydrogen-bond acceptors (Lipinski definition) is 2. The van der Waals surface area contributed by atoms with Crippen molar-refractivity contribution in [2.24, 2.45) is 5.41 Å². The molecular weight excluding hydrogens is 279 g/mol. The predicted molar refractivity (Wildman–Crippen MR) is 78.2 cm³/mol. The molecule has 0 saturated carbocycles. The topological polar surface area (TPSA) is 32.3 Å². The van der Waals surface area contributed by atoms with Gasteiger partial charge in [0.2, 0.25) is 5.91 Å². The third kappa shape index (κ3) is 2.67. The maximum Gasteiger partial charge on any atom is 0.229 e. The van der Waals surface area contributed by atoms with Gasteiger partial charge < -0.3 is 10.2 Å². The number of piperidine rings is 1. The van der Waals surface area contributed by atoms with Gasteiger partial charge in [0.25, 0.3) is 0 Å². The number of hydrogen-bond donors (Lipinski definition) is 1. The van der Waals surface area contributed by atoms with E-state index in [-0.39, 0.29) is 29.5 Å². The van der Waals surface area contributed by atoms with Gasteiger partial charge in [0.15, 0.2) is 0 Å². The van der Waals surface area contributed by atoms with Gasteiger partial charge in [-0.05, 0) is 38.4 Å². The lowest BCUT2D eigenvalue weighted by atomic mass is 9.78. The van der Waals surface area contributed by atoms with E-state index in [4.69, 9.17) is 0 Å². The second-order valence-corrected chi connectivity index (χ2v) is 5.60. The van der Waals surface area contributed by atoms with Crippen molar-refractivity contribution in [2.45, 2.75) is 25.8 Å². The molecule has 0 atom stereocenters. The summed E-state index contributed by atoms with van der Waals surface area (Å²) in [6.45, 7) is 2.99. The monoisotopic (exact) mass is 298 g/mol. The van der Waals surface area contributed by atoms with Crippen LogP contribution in [-0.4, -0.2) is 30.4 Å². The Hall–Kier alpha value is -1.13. The average molecular weight is 299 g/mol. The number of halogens is 2. The number of amides is 1. The molecule has 2 heterocycles. The largest absolute Gasteiger partial charge is 0.338 e. The molecular formula is C15H20ClFN2O. The van der Waals surface area contributed by atoms with Crippen LogP contribution in [0.25, 0.3) is 0 Å². The molecule has 0 aromatic heterocycles. The van der Waals surface area contributed by atoms with Crippen molar-refractivity contribution in [2.75, 3.05) is 19.6 Å². The van der Waals surface area contributed by atoms with Gasteiger partial charge in [0.05, 0.1) is 5.41 Å². The van der Waals surface area contributed by atoms with Gasteiger partial charge in [-0.15, -0.1) is 12.4 Å². The Morgan fingerprint density at radius 2 is 1.90 bits per heavy atom. The van der Waals surface area contributed by atoms with Crippen molar-refractivity contribution < 1.29 is 9.18 Å². The number of nitrogens with one attached hydrogen (secondary N) is 1. The minimum absolute atomic E-state index is 0. The van der Waals surface area contributed by atoms with Gasteiger partial charge in [-0.25, -0.2) is 4.39 Å². The van der Waals surface area contributed by atoms with E-state index in [0.717, 1.165) is 38.9 Å². The molecule has 3 rings (SSSR count). The molecule has 5 heteroatoms. The molecule has 2 fully saturated rings. The van der Waals surface area contributed by atoms with Gasteiger partial charge >= 0.3 is 0 Å². The van der Waals surface area contributed by atoms with Crippen molar-refractivity contribution in [3.8, 4) is 0 Å². The molecule has 1 N–H and O–H groups in total. The van der Waals surface area contributed by atoms with Crippen LogP contribution in [0, 0.1) is 11.2 Å². The Morgan fingerprint density at radius 3 is 2.60 bits per heavy atom. The van der Waals surface area contributed by atoms with Gasteiger partial charge in [0, 0.05) is 18.7 Å². The zero-order chi connectivity index (χ0) is 13.3. The van der Waals surface area contributed by atoms with Crippen LogP contribution in [0.15, 0.2) is 24.3 Å². The number of benzene rings is 1. The molecule has 1 aromatic carbocycles. The summed E-state index contributed by atoms with van der Waals surface area (Å²) in [6, 6.07) is 6.71. The maximum atomic E-state index is 13.7. The molecule has 2 aliphatic rings. The summed E-state index contributed by atoms with van der Waals surface area (Å²) >= 11 is 0. The lowest BCUT2D eigenvalue weighted by Gasteiger charge is -2.32. The number of likely N-dealkylation sites (tertiary alicyclic amines) is 1. The Bertz CT molecular complexity index is 489. The first kappa shape index (κ1) is 15.3. The Morgan fingerprint density at radius 1 is 1.20 bits per heavy atom. The number of carbonyl (C=O) groups is 1. The summed E-state index contributed by atoms with van der Waals surface area (Å²) in [5.74, 6) is -0.00110. The smallest absolute Gasteiger partial charge is 0.229 e. The summed E-state index contributed by atoms with van der Waals surface area (Å²) in [7, 11) is 0. The van der Waals surface area contributed by atoms with Crippen LogP contribution in [0.1, 0.15) is 24.8 Å². The lowest BCUT2D eigenvalue weighted by Crippen LogP contribution is -2.42. The highest BCUT2D eigenvalue weighted by atomic mass is 35.5. The standard InChI is InChI=1S/C15H19FN2O.ClH/c16-13-4-2-1-3-12(13)11-18-10-7-15(14(18)19)5-8-17-9-6-15;/h1-4,17H,5-11H2;1H. The quantitative estimate of drug-likeness (QED) is 0.909. The number of carbonyl (C=O) groups excluding carboxylic acids is 1. The zero-order valence-electron chi connectivity index (χ0n) is 11.4. The van der Waals surface area contributed by atoms with E-state index < -0.39 is 0 Å². The summed E-state index contributed by atoms with van der Waals surface area (Å²) in [5.41, 5.74) is 0.443. The molecule has 1 spiro atoms. The molecule has 110 valence electrons. The van der Waals surface area contributed by atoms with E-state index in [9.17, 15) is 9.18 Å². The number of rotatable bonds is 2. The minimum Gasteiger partial charge on any atom is -0.338 e. The highest BCUT2D eigenvalue weighted by Crippen LogP contribution is 2.40. The summed E-state index contributed by atoms with van der Waals surface area (Å²) in [6.07, 6.45) is 2.75. The first-order valence-corrected chi connectivity index (χ1v) is 6.95. The third-order valence-electron chi connectivity index (χ3n) is 4.48. The number of nitrogens with zero attached hydrogens (tertiary/aromatic N) is 1. The van der Waals surface area contributed by atoms with Crippen molar-refractivity contribution in [1.29, 1.82) is 0 Å². The Kier molecular flexibility index (Phi) is 4.66. The molecule has 1 amide bonds. The van der Waals surface area contributed by atoms with Crippen LogP contribution in [0.4, 0.5) is 4.39 Å². The van der Waals surface area contributed by atoms with Gasteiger partial charge in [-0.2, -0.15) is 0 Å². The molecule has 2 aliphatic heterocycles. The van der Waals surface area contributed by atoms with Gasteiger partial charge in [-0.1, -0.05) is 18.2 Å². The van der Waals surface area contributed by atoms with E-state index in [1.165, 1.54) is 6.07 Å². The normalized spacial score (nSPS) is 21.1. The Balaban J connectivity index is 0.00000147. The van der Waals surface area contributed by atoms with E-state index >= 15 is 0 Å². The highest BCUT2D eigenvalue weighted by molar-refractivity contribution is 5.85. The van der Waals surface area contributed by atoms with Crippen molar-refractivity contribution in [3.63, 3.8) is 0 Å². The minimum atomic E-state index is -0.221. The molecule has 0 aliphatic carbocycles. The molecule has 0 unspecified atom stereocenters. The molecule has 0 radical (unpaired) electrons. The van der Waals surface area contributed by atoms with Gasteiger partial charge in [0.1, 0.15) is 5.82 Å². The predicted octanol–water partition coefficient (Wildman–Crippen LogP) is 2.35. The SMILES string of the molecule is Cl.O=C1N(Cc2ccccc2F)CCC12CCNCC2. The van der Waals surface area contributed by atoms with Crippen LogP contribution < -0.4 is 5.32 Å².